The summed E-state index contributed by atoms with van der Waals surface area (Å²) in [5, 5.41) is 3.19. The number of benzene rings is 2. The molecule has 0 aliphatic carbocycles. The number of rotatable bonds is 8. The molecule has 0 atom stereocenters. The van der Waals surface area contributed by atoms with Crippen molar-refractivity contribution in [3.05, 3.63) is 65.0 Å². The van der Waals surface area contributed by atoms with Gasteiger partial charge in [0, 0.05) is 17.3 Å². The normalized spacial score (nSPS) is 10.4. The van der Waals surface area contributed by atoms with Crippen LogP contribution in [0.5, 0.6) is 11.5 Å². The Hall–Kier alpha value is -3.26. The zero-order valence-corrected chi connectivity index (χ0v) is 16.9. The number of hydrogen-bond acceptors (Lipinski definition) is 6. The second kappa shape index (κ2) is 9.79. The highest BCUT2D eigenvalue weighted by molar-refractivity contribution is 7.99. The first-order valence-electron chi connectivity index (χ1n) is 8.98. The summed E-state index contributed by atoms with van der Waals surface area (Å²) < 4.78 is 10.5. The summed E-state index contributed by atoms with van der Waals surface area (Å²) in [6.45, 7) is 2.50. The molecule has 0 unspecified atom stereocenters. The van der Waals surface area contributed by atoms with Gasteiger partial charge in [0.05, 0.1) is 25.2 Å². The predicted octanol–water partition coefficient (Wildman–Crippen LogP) is 3.58. The summed E-state index contributed by atoms with van der Waals surface area (Å²) in [4.78, 5) is 31.3. The number of anilines is 1. The second-order valence-corrected chi connectivity index (χ2v) is 6.92. The summed E-state index contributed by atoms with van der Waals surface area (Å²) in [6.07, 6.45) is 0. The van der Waals surface area contributed by atoms with E-state index in [0.29, 0.717) is 23.1 Å². The van der Waals surface area contributed by atoms with Gasteiger partial charge < -0.3 is 19.8 Å². The molecule has 1 aromatic heterocycles. The average molecular weight is 411 g/mol. The Kier molecular flexibility index (Phi) is 6.91. The number of H-pyrrole nitrogens is 1. The minimum Gasteiger partial charge on any atom is -0.497 e. The van der Waals surface area contributed by atoms with E-state index in [1.807, 2.05) is 19.1 Å². The molecule has 2 N–H and O–H groups in total. The Labute approximate surface area is 172 Å². The molecule has 0 saturated heterocycles. The zero-order valence-electron chi connectivity index (χ0n) is 16.1. The second-order valence-electron chi connectivity index (χ2n) is 5.96. The molecule has 1 amide bonds. The number of carbonyl (C=O) groups excluding carboxylic acids is 1. The number of aromatic nitrogens is 2. The molecular formula is C21H21N3O4S. The fraction of sp³-hybridized carbons (Fsp3) is 0.190. The highest BCUT2D eigenvalue weighted by Gasteiger charge is 2.09. The summed E-state index contributed by atoms with van der Waals surface area (Å²) in [5.74, 6) is 1.38. The van der Waals surface area contributed by atoms with E-state index in [-0.39, 0.29) is 17.2 Å². The lowest BCUT2D eigenvalue weighted by Gasteiger charge is -2.08. The molecule has 1 heterocycles. The molecule has 0 saturated carbocycles. The van der Waals surface area contributed by atoms with Crippen LogP contribution in [0.4, 0.5) is 5.69 Å². The molecule has 150 valence electrons. The fourth-order valence-corrected chi connectivity index (χ4v) is 3.22. The van der Waals surface area contributed by atoms with Crippen molar-refractivity contribution in [3.8, 4) is 22.8 Å². The Morgan fingerprint density at radius 3 is 2.45 bits per heavy atom. The van der Waals surface area contributed by atoms with Crippen molar-refractivity contribution in [3.63, 3.8) is 0 Å². The molecule has 0 bridgehead atoms. The van der Waals surface area contributed by atoms with Crippen LogP contribution in [0.2, 0.25) is 0 Å². The maximum absolute atomic E-state index is 12.2. The summed E-state index contributed by atoms with van der Waals surface area (Å²) in [7, 11) is 1.59. The third kappa shape index (κ3) is 5.86. The number of nitrogens with one attached hydrogen (secondary N) is 2. The molecule has 0 spiro atoms. The van der Waals surface area contributed by atoms with Crippen LogP contribution in [0.1, 0.15) is 6.92 Å². The van der Waals surface area contributed by atoms with Crippen LogP contribution >= 0.6 is 11.8 Å². The molecule has 0 aliphatic rings. The topological polar surface area (TPSA) is 93.3 Å². The van der Waals surface area contributed by atoms with Gasteiger partial charge in [0.2, 0.25) is 5.91 Å². The number of ether oxygens (including phenoxy) is 2. The molecule has 29 heavy (non-hydrogen) atoms. The van der Waals surface area contributed by atoms with Crippen LogP contribution in [0.25, 0.3) is 11.3 Å². The van der Waals surface area contributed by atoms with Crippen molar-refractivity contribution in [2.45, 2.75) is 12.1 Å². The van der Waals surface area contributed by atoms with Gasteiger partial charge in [-0.2, -0.15) is 0 Å². The highest BCUT2D eigenvalue weighted by Crippen LogP contribution is 2.22. The van der Waals surface area contributed by atoms with Crippen molar-refractivity contribution in [1.29, 1.82) is 0 Å². The van der Waals surface area contributed by atoms with Gasteiger partial charge in [-0.05, 0) is 55.5 Å². The van der Waals surface area contributed by atoms with E-state index in [4.69, 9.17) is 9.47 Å². The van der Waals surface area contributed by atoms with Crippen molar-refractivity contribution in [2.75, 3.05) is 24.8 Å². The number of carbonyl (C=O) groups is 1. The van der Waals surface area contributed by atoms with Gasteiger partial charge in [-0.3, -0.25) is 9.59 Å². The fourth-order valence-electron chi connectivity index (χ4n) is 2.55. The number of hydrogen-bond donors (Lipinski definition) is 2. The average Bonchev–Trinajstić information content (AvgIpc) is 2.73. The smallest absolute Gasteiger partial charge is 0.252 e. The van der Waals surface area contributed by atoms with Crippen LogP contribution in [0.15, 0.2) is 64.5 Å². The van der Waals surface area contributed by atoms with E-state index in [2.05, 4.69) is 15.3 Å². The molecule has 3 aromatic rings. The minimum absolute atomic E-state index is 0.113. The van der Waals surface area contributed by atoms with Gasteiger partial charge in [0.15, 0.2) is 5.16 Å². The maximum atomic E-state index is 12.2. The summed E-state index contributed by atoms with van der Waals surface area (Å²) in [5.41, 5.74) is 1.72. The van der Waals surface area contributed by atoms with Crippen LogP contribution in [0.3, 0.4) is 0 Å². The van der Waals surface area contributed by atoms with E-state index in [9.17, 15) is 9.59 Å². The lowest BCUT2D eigenvalue weighted by Crippen LogP contribution is -2.15. The first kappa shape index (κ1) is 20.5. The summed E-state index contributed by atoms with van der Waals surface area (Å²) >= 11 is 1.16. The number of amides is 1. The number of thioether (sulfide) groups is 1. The lowest BCUT2D eigenvalue weighted by atomic mass is 10.1. The Morgan fingerprint density at radius 1 is 1.10 bits per heavy atom. The number of methoxy groups -OCH3 is 1. The van der Waals surface area contributed by atoms with Gasteiger partial charge in [-0.1, -0.05) is 11.8 Å². The Balaban J connectivity index is 1.63. The van der Waals surface area contributed by atoms with Crippen molar-refractivity contribution in [2.24, 2.45) is 0 Å². The molecule has 0 aliphatic heterocycles. The van der Waals surface area contributed by atoms with Gasteiger partial charge in [-0.25, -0.2) is 4.98 Å². The molecule has 7 nitrogen and oxygen atoms in total. The molecular weight excluding hydrogens is 390 g/mol. The van der Waals surface area contributed by atoms with Crippen molar-refractivity contribution < 1.29 is 14.3 Å². The van der Waals surface area contributed by atoms with Crippen LogP contribution in [-0.4, -0.2) is 35.3 Å². The molecule has 2 aromatic carbocycles. The lowest BCUT2D eigenvalue weighted by molar-refractivity contribution is -0.113. The number of aromatic amines is 1. The predicted molar refractivity (Wildman–Crippen MR) is 114 cm³/mol. The van der Waals surface area contributed by atoms with Gasteiger partial charge >= 0.3 is 0 Å². The van der Waals surface area contributed by atoms with Crippen LogP contribution < -0.4 is 20.3 Å². The standard InChI is InChI=1S/C21H21N3O4S/c1-3-28-17-10-6-15(7-11-17)22-20(26)13-29-21-23-18(12-19(25)24-21)14-4-8-16(27-2)9-5-14/h4-12H,3,13H2,1-2H3,(H,22,26)(H,23,24,25). The zero-order chi connectivity index (χ0) is 20.6. The van der Waals surface area contributed by atoms with E-state index in [1.54, 1.807) is 43.5 Å². The number of nitrogens with zero attached hydrogens (tertiary/aromatic N) is 1. The first-order valence-corrected chi connectivity index (χ1v) is 9.97. The van der Waals surface area contributed by atoms with E-state index in [0.717, 1.165) is 28.8 Å². The van der Waals surface area contributed by atoms with Gasteiger partial charge in [-0.15, -0.1) is 0 Å². The third-order valence-electron chi connectivity index (χ3n) is 3.89. The van der Waals surface area contributed by atoms with Crippen molar-refractivity contribution >= 4 is 23.4 Å². The quantitative estimate of drug-likeness (QED) is 0.435. The molecule has 8 heteroatoms. The van der Waals surface area contributed by atoms with Crippen LogP contribution in [0, 0.1) is 0 Å². The van der Waals surface area contributed by atoms with Crippen LogP contribution in [-0.2, 0) is 4.79 Å². The maximum Gasteiger partial charge on any atom is 0.252 e. The van der Waals surface area contributed by atoms with Gasteiger partial charge in [0.1, 0.15) is 11.5 Å². The Morgan fingerprint density at radius 2 is 1.79 bits per heavy atom. The monoisotopic (exact) mass is 411 g/mol. The SMILES string of the molecule is CCOc1ccc(NC(=O)CSc2nc(-c3ccc(OC)cc3)cc(=O)[nH]2)cc1. The van der Waals surface area contributed by atoms with Crippen molar-refractivity contribution in [1.82, 2.24) is 9.97 Å². The minimum atomic E-state index is -0.278. The van der Waals surface area contributed by atoms with E-state index < -0.39 is 0 Å². The molecule has 0 radical (unpaired) electrons. The van der Waals surface area contributed by atoms with E-state index >= 15 is 0 Å². The largest absolute Gasteiger partial charge is 0.497 e. The molecule has 3 rings (SSSR count). The van der Waals surface area contributed by atoms with E-state index in [1.165, 1.54) is 6.07 Å². The van der Waals surface area contributed by atoms with Gasteiger partial charge in [0.25, 0.3) is 5.56 Å². The summed E-state index contributed by atoms with van der Waals surface area (Å²) in [6, 6.07) is 15.8. The first-order chi connectivity index (χ1) is 14.1. The Bertz CT molecular complexity index is 1020. The third-order valence-corrected chi connectivity index (χ3v) is 4.77. The molecule has 0 fully saturated rings. The highest BCUT2D eigenvalue weighted by atomic mass is 32.2.